The van der Waals surface area contributed by atoms with Gasteiger partial charge in [-0.3, -0.25) is 0 Å². The molecule has 1 aromatic heterocycles. The summed E-state index contributed by atoms with van der Waals surface area (Å²) in [5.74, 6) is -0.362. The predicted molar refractivity (Wildman–Crippen MR) is 51.9 cm³/mol. The van der Waals surface area contributed by atoms with Crippen molar-refractivity contribution in [1.29, 1.82) is 0 Å². The van der Waals surface area contributed by atoms with Crippen LogP contribution in [0.3, 0.4) is 0 Å². The number of hydrogen-bond acceptors (Lipinski definition) is 4. The molecule has 5 heteroatoms. The molecule has 0 bridgehead atoms. The Kier molecular flexibility index (Phi) is 2.73. The first kappa shape index (κ1) is 9.39. The highest BCUT2D eigenvalue weighted by Gasteiger charge is 2.06. The van der Waals surface area contributed by atoms with Crippen molar-refractivity contribution >= 4 is 5.97 Å². The molecule has 0 aliphatic carbocycles. The fraction of sp³-hybridized carbons (Fsp3) is 0.100. The average Bonchev–Trinajstić information content (AvgIpc) is 2.80. The summed E-state index contributed by atoms with van der Waals surface area (Å²) in [7, 11) is 0. The van der Waals surface area contributed by atoms with Crippen molar-refractivity contribution in [3.63, 3.8) is 0 Å². The molecule has 5 nitrogen and oxygen atoms in total. The molecule has 0 aliphatic heterocycles. The minimum absolute atomic E-state index is 0.129. The third kappa shape index (κ3) is 2.40. The number of nitrogens with one attached hydrogen (secondary N) is 1. The van der Waals surface area contributed by atoms with Gasteiger partial charge in [-0.05, 0) is 12.1 Å². The molecule has 0 saturated heterocycles. The van der Waals surface area contributed by atoms with Crippen molar-refractivity contribution < 1.29 is 9.53 Å². The minimum Gasteiger partial charge on any atom is -0.455 e. The van der Waals surface area contributed by atoms with Crippen molar-refractivity contribution in [2.24, 2.45) is 0 Å². The highest BCUT2D eigenvalue weighted by atomic mass is 16.5. The van der Waals surface area contributed by atoms with Crippen LogP contribution in [-0.4, -0.2) is 21.4 Å². The maximum absolute atomic E-state index is 11.5. The molecule has 0 atom stereocenters. The fourth-order valence-electron chi connectivity index (χ4n) is 1.09. The first-order chi connectivity index (χ1) is 7.36. The molecule has 0 fully saturated rings. The highest BCUT2D eigenvalue weighted by molar-refractivity contribution is 5.89. The molecule has 2 aromatic rings. The summed E-state index contributed by atoms with van der Waals surface area (Å²) in [5, 5.41) is 9.82. The maximum Gasteiger partial charge on any atom is 0.338 e. The topological polar surface area (TPSA) is 67.9 Å². The van der Waals surface area contributed by atoms with Crippen LogP contribution in [0.15, 0.2) is 36.5 Å². The van der Waals surface area contributed by atoms with E-state index in [1.807, 2.05) is 6.07 Å². The smallest absolute Gasteiger partial charge is 0.338 e. The number of benzene rings is 1. The van der Waals surface area contributed by atoms with Crippen LogP contribution < -0.4 is 0 Å². The van der Waals surface area contributed by atoms with Gasteiger partial charge in [-0.25, -0.2) is 4.79 Å². The number of H-pyrrole nitrogens is 1. The SMILES string of the molecule is O=C(OCc1cn[nH]n1)c1ccccc1. The van der Waals surface area contributed by atoms with E-state index in [0.717, 1.165) is 0 Å². The number of ether oxygens (including phenoxy) is 1. The molecular weight excluding hydrogens is 194 g/mol. The largest absolute Gasteiger partial charge is 0.455 e. The van der Waals surface area contributed by atoms with E-state index in [0.29, 0.717) is 11.3 Å². The summed E-state index contributed by atoms with van der Waals surface area (Å²) in [4.78, 5) is 11.5. The Balaban J connectivity index is 1.94. The van der Waals surface area contributed by atoms with Crippen molar-refractivity contribution in [2.45, 2.75) is 6.61 Å². The van der Waals surface area contributed by atoms with Crippen LogP contribution in [0.25, 0.3) is 0 Å². The Morgan fingerprint density at radius 1 is 1.33 bits per heavy atom. The number of carbonyl (C=O) groups excluding carboxylic acids is 1. The van der Waals surface area contributed by atoms with E-state index >= 15 is 0 Å². The number of esters is 1. The molecule has 0 spiro atoms. The number of rotatable bonds is 3. The van der Waals surface area contributed by atoms with Crippen LogP contribution in [0.2, 0.25) is 0 Å². The Morgan fingerprint density at radius 2 is 2.13 bits per heavy atom. The predicted octanol–water partition coefficient (Wildman–Crippen LogP) is 1.16. The second-order valence-corrected chi connectivity index (χ2v) is 2.90. The molecule has 1 N–H and O–H groups in total. The normalized spacial score (nSPS) is 9.87. The highest BCUT2D eigenvalue weighted by Crippen LogP contribution is 2.03. The van der Waals surface area contributed by atoms with Crippen LogP contribution in [0.1, 0.15) is 16.1 Å². The van der Waals surface area contributed by atoms with Crippen LogP contribution in [0, 0.1) is 0 Å². The molecule has 1 aromatic carbocycles. The van der Waals surface area contributed by atoms with Crippen molar-refractivity contribution in [3.05, 3.63) is 47.8 Å². The van der Waals surface area contributed by atoms with E-state index < -0.39 is 0 Å². The van der Waals surface area contributed by atoms with Gasteiger partial charge in [-0.2, -0.15) is 15.4 Å². The number of carbonyl (C=O) groups is 1. The summed E-state index contributed by atoms with van der Waals surface area (Å²) < 4.78 is 5.01. The molecule has 1 heterocycles. The van der Waals surface area contributed by atoms with Gasteiger partial charge in [0.15, 0.2) is 0 Å². The number of aromatic amines is 1. The second kappa shape index (κ2) is 4.36. The van der Waals surface area contributed by atoms with E-state index in [1.54, 1.807) is 24.3 Å². The summed E-state index contributed by atoms with van der Waals surface area (Å²) in [5.41, 5.74) is 1.13. The van der Waals surface area contributed by atoms with Crippen LogP contribution in [0.5, 0.6) is 0 Å². The third-order valence-electron chi connectivity index (χ3n) is 1.83. The lowest BCUT2D eigenvalue weighted by molar-refractivity contribution is 0.0467. The third-order valence-corrected chi connectivity index (χ3v) is 1.83. The summed E-state index contributed by atoms with van der Waals surface area (Å²) >= 11 is 0. The van der Waals surface area contributed by atoms with Crippen molar-refractivity contribution in [3.8, 4) is 0 Å². The molecule has 2 rings (SSSR count). The first-order valence-electron chi connectivity index (χ1n) is 4.43. The Labute approximate surface area is 86.1 Å². The Morgan fingerprint density at radius 3 is 2.80 bits per heavy atom. The quantitative estimate of drug-likeness (QED) is 0.760. The zero-order valence-electron chi connectivity index (χ0n) is 7.88. The van der Waals surface area contributed by atoms with Crippen LogP contribution in [0.4, 0.5) is 0 Å². The van der Waals surface area contributed by atoms with Crippen molar-refractivity contribution in [2.75, 3.05) is 0 Å². The number of hydrogen-bond donors (Lipinski definition) is 1. The van der Waals surface area contributed by atoms with Crippen LogP contribution in [-0.2, 0) is 11.3 Å². The van der Waals surface area contributed by atoms with Gasteiger partial charge >= 0.3 is 5.97 Å². The van der Waals surface area contributed by atoms with E-state index in [9.17, 15) is 4.79 Å². The Bertz CT molecular complexity index is 425. The molecule has 0 amide bonds. The molecule has 76 valence electrons. The average molecular weight is 203 g/mol. The van der Waals surface area contributed by atoms with Gasteiger partial charge in [0, 0.05) is 0 Å². The zero-order chi connectivity index (χ0) is 10.5. The van der Waals surface area contributed by atoms with E-state index in [1.165, 1.54) is 6.20 Å². The monoisotopic (exact) mass is 203 g/mol. The molecule has 0 radical (unpaired) electrons. The standard InChI is InChI=1S/C10H9N3O2/c14-10(8-4-2-1-3-5-8)15-7-9-6-11-13-12-9/h1-6H,7H2,(H,11,12,13). The lowest BCUT2D eigenvalue weighted by Gasteiger charge is -2.01. The summed E-state index contributed by atoms with van der Waals surface area (Å²) in [6.07, 6.45) is 1.51. The van der Waals surface area contributed by atoms with Gasteiger partial charge in [0.25, 0.3) is 0 Å². The van der Waals surface area contributed by atoms with Gasteiger partial charge < -0.3 is 4.74 Å². The molecule has 15 heavy (non-hydrogen) atoms. The van der Waals surface area contributed by atoms with Gasteiger partial charge in [-0.15, -0.1) is 0 Å². The molecule has 0 aliphatic rings. The first-order valence-corrected chi connectivity index (χ1v) is 4.43. The lowest BCUT2D eigenvalue weighted by atomic mass is 10.2. The second-order valence-electron chi connectivity index (χ2n) is 2.90. The van der Waals surface area contributed by atoms with Gasteiger partial charge in [-0.1, -0.05) is 18.2 Å². The zero-order valence-corrected chi connectivity index (χ0v) is 7.88. The minimum atomic E-state index is -0.362. The van der Waals surface area contributed by atoms with Gasteiger partial charge in [0.1, 0.15) is 12.3 Å². The summed E-state index contributed by atoms with van der Waals surface area (Å²) in [6.45, 7) is 0.129. The summed E-state index contributed by atoms with van der Waals surface area (Å²) in [6, 6.07) is 8.81. The van der Waals surface area contributed by atoms with E-state index in [2.05, 4.69) is 15.4 Å². The van der Waals surface area contributed by atoms with E-state index in [4.69, 9.17) is 4.74 Å². The molecular formula is C10H9N3O2. The van der Waals surface area contributed by atoms with Crippen LogP contribution >= 0.6 is 0 Å². The maximum atomic E-state index is 11.5. The molecule has 0 saturated carbocycles. The van der Waals surface area contributed by atoms with Gasteiger partial charge in [0.2, 0.25) is 0 Å². The fourth-order valence-corrected chi connectivity index (χ4v) is 1.09. The Hall–Kier alpha value is -2.17. The number of aromatic nitrogens is 3. The van der Waals surface area contributed by atoms with Crippen molar-refractivity contribution in [1.82, 2.24) is 15.4 Å². The lowest BCUT2D eigenvalue weighted by Crippen LogP contribution is -2.05. The number of nitrogens with zero attached hydrogens (tertiary/aromatic N) is 2. The molecule has 0 unspecified atom stereocenters. The van der Waals surface area contributed by atoms with E-state index in [-0.39, 0.29) is 12.6 Å². The van der Waals surface area contributed by atoms with Gasteiger partial charge in [0.05, 0.1) is 11.8 Å².